The molecule has 174 valence electrons. The van der Waals surface area contributed by atoms with Crippen LogP contribution in [0.5, 0.6) is 0 Å². The zero-order valence-electron chi connectivity index (χ0n) is 19.9. The number of fused-ring (bicyclic) bond motifs is 7. The lowest BCUT2D eigenvalue weighted by molar-refractivity contribution is -0.272. The Kier molecular flexibility index (Phi) is 5.04. The van der Waals surface area contributed by atoms with Crippen LogP contribution in [-0.4, -0.2) is 28.2 Å². The summed E-state index contributed by atoms with van der Waals surface area (Å²) in [5, 5.41) is 0. The zero-order chi connectivity index (χ0) is 21.8. The summed E-state index contributed by atoms with van der Waals surface area (Å²) in [5.74, 6) is 4.11. The third-order valence-electron chi connectivity index (χ3n) is 11.7. The number of rotatable bonds is 0. The Morgan fingerprint density at radius 2 is 1.81 bits per heavy atom. The number of carbonyl (C=O) groups is 1. The Morgan fingerprint density at radius 3 is 2.55 bits per heavy atom. The van der Waals surface area contributed by atoms with Gasteiger partial charge in [-0.05, 0) is 80.0 Å². The molecule has 0 amide bonds. The van der Waals surface area contributed by atoms with Crippen molar-refractivity contribution in [3.8, 4) is 0 Å². The van der Waals surface area contributed by atoms with Crippen LogP contribution in [0.25, 0.3) is 0 Å². The van der Waals surface area contributed by atoms with Gasteiger partial charge >= 0.3 is 0 Å². The highest BCUT2D eigenvalue weighted by atomic mass is 127. The summed E-state index contributed by atoms with van der Waals surface area (Å²) < 4.78 is 14.1. The van der Waals surface area contributed by atoms with Crippen LogP contribution in [0.15, 0.2) is 0 Å². The molecule has 6 aliphatic rings. The summed E-state index contributed by atoms with van der Waals surface area (Å²) in [6.07, 6.45) is 11.1. The largest absolute Gasteiger partial charge is 0.349 e. The second-order valence-corrected chi connectivity index (χ2v) is 14.7. The van der Waals surface area contributed by atoms with Crippen LogP contribution in [0.2, 0.25) is 0 Å². The van der Waals surface area contributed by atoms with Crippen LogP contribution in [0.1, 0.15) is 85.5 Å². The van der Waals surface area contributed by atoms with Gasteiger partial charge in [-0.1, -0.05) is 50.3 Å². The minimum Gasteiger partial charge on any atom is -0.349 e. The van der Waals surface area contributed by atoms with Crippen molar-refractivity contribution in [3.05, 3.63) is 0 Å². The summed E-state index contributed by atoms with van der Waals surface area (Å²) in [6, 6.07) is 0. The lowest BCUT2D eigenvalue weighted by Crippen LogP contribution is -2.58. The summed E-state index contributed by atoms with van der Waals surface area (Å²) in [7, 11) is 0. The Bertz CT molecular complexity index is 760. The fourth-order valence-corrected chi connectivity index (χ4v) is 10.8. The van der Waals surface area contributed by atoms with Crippen LogP contribution in [0, 0.1) is 52.3 Å². The first-order valence-electron chi connectivity index (χ1n) is 13.2. The molecule has 2 aliphatic heterocycles. The highest BCUT2D eigenvalue weighted by Crippen LogP contribution is 2.70. The first-order valence-corrected chi connectivity index (χ1v) is 14.4. The number of ether oxygens (including phenoxy) is 2. The normalized spacial score (nSPS) is 60.9. The molecule has 0 radical (unpaired) electrons. The summed E-state index contributed by atoms with van der Waals surface area (Å²) in [5.41, 5.74) is 0.181. The molecule has 2 saturated heterocycles. The van der Waals surface area contributed by atoms with Crippen molar-refractivity contribution in [3.63, 3.8) is 0 Å². The average molecular weight is 541 g/mol. The van der Waals surface area contributed by atoms with E-state index in [1.54, 1.807) is 0 Å². The molecule has 3 nitrogen and oxygen atoms in total. The van der Waals surface area contributed by atoms with Crippen LogP contribution >= 0.6 is 22.6 Å². The first kappa shape index (κ1) is 21.8. The van der Waals surface area contributed by atoms with Crippen molar-refractivity contribution < 1.29 is 14.3 Å². The number of carbonyl (C=O) groups excluding carboxylic acids is 1. The van der Waals surface area contributed by atoms with Gasteiger partial charge in [0, 0.05) is 34.0 Å². The van der Waals surface area contributed by atoms with Gasteiger partial charge in [-0.2, -0.15) is 0 Å². The molecule has 0 aromatic carbocycles. The smallest absolute Gasteiger partial charge is 0.171 e. The van der Waals surface area contributed by atoms with Crippen molar-refractivity contribution in [2.45, 2.75) is 101 Å². The van der Waals surface area contributed by atoms with Crippen LogP contribution < -0.4 is 0 Å². The van der Waals surface area contributed by atoms with Crippen molar-refractivity contribution in [1.29, 1.82) is 0 Å². The second kappa shape index (κ2) is 7.16. The number of hydrogen-bond acceptors (Lipinski definition) is 3. The van der Waals surface area contributed by atoms with Crippen molar-refractivity contribution in [1.82, 2.24) is 0 Å². The number of hydrogen-bond donors (Lipinski definition) is 0. The molecule has 0 N–H and O–H groups in total. The molecule has 4 saturated carbocycles. The van der Waals surface area contributed by atoms with E-state index in [-0.39, 0.29) is 11.5 Å². The number of ketones is 1. The molecule has 31 heavy (non-hydrogen) atoms. The number of Topliss-reactive ketones (excluding diaryl/α,β-unsaturated/α-hetero) is 1. The van der Waals surface area contributed by atoms with E-state index < -0.39 is 5.79 Å². The molecule has 2 heterocycles. The quantitative estimate of drug-likeness (QED) is 0.263. The SMILES string of the molecule is CC1CC[C@@]2(OC1)OC1CC3C4CCC5C[C@@H](I)CC[C@]5(C)C4CC(=O)[C@]3(C)C1C2C. The average Bonchev–Trinajstić information content (AvgIpc) is 3.18. The Balaban J connectivity index is 1.30. The third-order valence-corrected chi connectivity index (χ3v) is 12.9. The van der Waals surface area contributed by atoms with Crippen LogP contribution in [0.3, 0.4) is 0 Å². The molecule has 6 fully saturated rings. The van der Waals surface area contributed by atoms with Gasteiger partial charge in [-0.25, -0.2) is 0 Å². The van der Waals surface area contributed by atoms with E-state index in [9.17, 15) is 4.79 Å². The third kappa shape index (κ3) is 2.85. The van der Waals surface area contributed by atoms with Gasteiger partial charge in [0.15, 0.2) is 5.79 Å². The maximum atomic E-state index is 14.0. The first-order chi connectivity index (χ1) is 14.7. The minimum absolute atomic E-state index is 0.204. The fourth-order valence-electron chi connectivity index (χ4n) is 9.90. The van der Waals surface area contributed by atoms with Crippen molar-refractivity contribution in [2.75, 3.05) is 6.61 Å². The second-order valence-electron chi connectivity index (χ2n) is 12.9. The number of halogens is 1. The van der Waals surface area contributed by atoms with Gasteiger partial charge in [-0.15, -0.1) is 0 Å². The van der Waals surface area contributed by atoms with E-state index in [2.05, 4.69) is 50.3 Å². The predicted molar refractivity (Wildman–Crippen MR) is 130 cm³/mol. The molecule has 1 spiro atoms. The van der Waals surface area contributed by atoms with Crippen molar-refractivity contribution >= 4 is 28.4 Å². The molecule has 0 aromatic heterocycles. The van der Waals surface area contributed by atoms with Gasteiger partial charge in [0.1, 0.15) is 5.78 Å². The van der Waals surface area contributed by atoms with E-state index in [0.29, 0.717) is 40.8 Å². The minimum atomic E-state index is -0.421. The van der Waals surface area contributed by atoms with Crippen LogP contribution in [0.4, 0.5) is 0 Å². The summed E-state index contributed by atoms with van der Waals surface area (Å²) >= 11 is 2.68. The molecule has 0 aromatic rings. The van der Waals surface area contributed by atoms with E-state index in [0.717, 1.165) is 41.6 Å². The molecule has 0 bridgehead atoms. The molecular formula is C27H41IO3. The van der Waals surface area contributed by atoms with E-state index in [4.69, 9.17) is 9.47 Å². The zero-order valence-corrected chi connectivity index (χ0v) is 22.0. The van der Waals surface area contributed by atoms with E-state index in [1.165, 1.54) is 38.5 Å². The standard InChI is InChI=1S/C27H41IO3/c1-15-7-10-27(30-14-15)16(2)24-22(31-27)12-21-19-6-5-17-11-18(28)8-9-25(17,3)20(19)13-23(29)26(21,24)4/h15-22,24H,5-14H2,1-4H3/t15?,16?,17?,18-,19?,20?,21?,22?,24?,25-,26+,27+/m0/s1. The fraction of sp³-hybridized carbons (Fsp3) is 0.963. The Hall–Kier alpha value is 0.320. The van der Waals surface area contributed by atoms with Gasteiger partial charge in [0.2, 0.25) is 0 Å². The highest BCUT2D eigenvalue weighted by Gasteiger charge is 2.71. The summed E-state index contributed by atoms with van der Waals surface area (Å²) in [6.45, 7) is 10.3. The summed E-state index contributed by atoms with van der Waals surface area (Å²) in [4.78, 5) is 14.0. The predicted octanol–water partition coefficient (Wildman–Crippen LogP) is 6.42. The maximum Gasteiger partial charge on any atom is 0.171 e. The van der Waals surface area contributed by atoms with Gasteiger partial charge in [-0.3, -0.25) is 4.79 Å². The lowest BCUT2D eigenvalue weighted by Gasteiger charge is -2.60. The molecule has 6 rings (SSSR count). The Morgan fingerprint density at radius 1 is 1.00 bits per heavy atom. The molecule has 4 aliphatic carbocycles. The molecule has 4 heteroatoms. The van der Waals surface area contributed by atoms with Crippen molar-refractivity contribution in [2.24, 2.45) is 52.3 Å². The van der Waals surface area contributed by atoms with Crippen LogP contribution in [-0.2, 0) is 14.3 Å². The van der Waals surface area contributed by atoms with E-state index in [1.807, 2.05) is 0 Å². The number of alkyl halides is 1. The molecular weight excluding hydrogens is 499 g/mol. The van der Waals surface area contributed by atoms with Gasteiger partial charge in [0.25, 0.3) is 0 Å². The molecule has 8 unspecified atom stereocenters. The van der Waals surface area contributed by atoms with E-state index >= 15 is 0 Å². The highest BCUT2D eigenvalue weighted by molar-refractivity contribution is 14.1. The topological polar surface area (TPSA) is 35.5 Å². The van der Waals surface area contributed by atoms with Gasteiger partial charge < -0.3 is 9.47 Å². The molecule has 12 atom stereocenters. The monoisotopic (exact) mass is 540 g/mol. The lowest BCUT2D eigenvalue weighted by atomic mass is 9.44. The maximum absolute atomic E-state index is 14.0. The van der Waals surface area contributed by atoms with Gasteiger partial charge in [0.05, 0.1) is 12.7 Å². The Labute approximate surface area is 202 Å².